The fraction of sp³-hybridized carbons (Fsp3) is 0.0833. The Morgan fingerprint density at radius 2 is 1.82 bits per heavy atom. The molecule has 1 aliphatic heterocycles. The second-order valence-corrected chi connectivity index (χ2v) is 8.98. The highest BCUT2D eigenvalue weighted by molar-refractivity contribution is 9.10. The van der Waals surface area contributed by atoms with Gasteiger partial charge in [0.15, 0.2) is 17.3 Å². The van der Waals surface area contributed by atoms with E-state index in [0.29, 0.717) is 29.3 Å². The van der Waals surface area contributed by atoms with Crippen molar-refractivity contribution in [3.05, 3.63) is 86.5 Å². The molecule has 7 nitrogen and oxygen atoms in total. The monoisotopic (exact) mass is 570 g/mol. The topological polar surface area (TPSA) is 82.3 Å². The van der Waals surface area contributed by atoms with Gasteiger partial charge in [0.1, 0.15) is 17.9 Å². The minimum Gasteiger partial charge on any atom is -0.488 e. The number of nitrogens with zero attached hydrogens (tertiary/aromatic N) is 1. The summed E-state index contributed by atoms with van der Waals surface area (Å²) >= 11 is 6.86. The summed E-state index contributed by atoms with van der Waals surface area (Å²) in [5.41, 5.74) is 4.75. The number of ether oxygens (including phenoxy) is 3. The maximum absolute atomic E-state index is 12.5. The van der Waals surface area contributed by atoms with Crippen molar-refractivity contribution in [2.24, 2.45) is 5.10 Å². The number of hydrazone groups is 1. The number of carbonyl (C=O) groups is 1. The van der Waals surface area contributed by atoms with Crippen LogP contribution in [0.4, 0.5) is 0 Å². The molecule has 0 saturated carbocycles. The van der Waals surface area contributed by atoms with Crippen molar-refractivity contribution < 1.29 is 23.4 Å². The number of amides is 1. The maximum Gasteiger partial charge on any atom is 0.307 e. The first kappa shape index (κ1) is 21.5. The molecule has 9 heteroatoms. The van der Waals surface area contributed by atoms with Gasteiger partial charge in [0.2, 0.25) is 6.79 Å². The number of halogens is 2. The quantitative estimate of drug-likeness (QED) is 0.226. The molecule has 0 bridgehead atoms. The number of hydrogen-bond acceptors (Lipinski definition) is 6. The summed E-state index contributed by atoms with van der Waals surface area (Å²) in [6.07, 6.45) is 1.52. The van der Waals surface area contributed by atoms with Crippen molar-refractivity contribution in [3.63, 3.8) is 0 Å². The fourth-order valence-corrected chi connectivity index (χ4v) is 4.04. The molecule has 1 aromatic heterocycles. The summed E-state index contributed by atoms with van der Waals surface area (Å²) < 4.78 is 24.1. The average Bonchev–Trinajstić information content (AvgIpc) is 3.44. The number of hydrogen-bond donors (Lipinski definition) is 1. The van der Waals surface area contributed by atoms with Gasteiger partial charge in [0.05, 0.1) is 6.21 Å². The Hall–Kier alpha value is -3.30. The number of carbonyl (C=O) groups excluding carboxylic acids is 1. The Morgan fingerprint density at radius 1 is 1.00 bits per heavy atom. The predicted molar refractivity (Wildman–Crippen MR) is 130 cm³/mol. The summed E-state index contributed by atoms with van der Waals surface area (Å²) in [5, 5.41) is 4.90. The van der Waals surface area contributed by atoms with Crippen molar-refractivity contribution in [3.8, 4) is 17.2 Å². The number of nitrogens with one attached hydrogen (secondary N) is 1. The molecule has 2 heterocycles. The summed E-state index contributed by atoms with van der Waals surface area (Å²) in [6, 6.07) is 18.4. The van der Waals surface area contributed by atoms with Crippen molar-refractivity contribution in [2.45, 2.75) is 6.61 Å². The molecule has 0 unspecified atom stereocenters. The third-order valence-corrected chi connectivity index (χ3v) is 5.86. The van der Waals surface area contributed by atoms with Crippen molar-refractivity contribution >= 4 is 55.0 Å². The number of fused-ring (bicyclic) bond motifs is 2. The molecule has 166 valence electrons. The normalized spacial score (nSPS) is 12.4. The van der Waals surface area contributed by atoms with Gasteiger partial charge in [-0.15, -0.1) is 0 Å². The highest BCUT2D eigenvalue weighted by Crippen LogP contribution is 2.33. The lowest BCUT2D eigenvalue weighted by Crippen LogP contribution is -2.16. The molecule has 0 saturated heterocycles. The van der Waals surface area contributed by atoms with E-state index in [-0.39, 0.29) is 12.6 Å². The summed E-state index contributed by atoms with van der Waals surface area (Å²) in [7, 11) is 0. The molecule has 4 aromatic rings. The predicted octanol–water partition coefficient (Wildman–Crippen LogP) is 6.03. The summed E-state index contributed by atoms with van der Waals surface area (Å²) in [4.78, 5) is 12.5. The zero-order valence-corrected chi connectivity index (χ0v) is 20.2. The fourth-order valence-electron chi connectivity index (χ4n) is 3.29. The van der Waals surface area contributed by atoms with Crippen LogP contribution >= 0.6 is 31.9 Å². The van der Waals surface area contributed by atoms with E-state index in [1.54, 1.807) is 12.1 Å². The molecule has 1 aliphatic rings. The van der Waals surface area contributed by atoms with E-state index in [4.69, 9.17) is 18.6 Å². The van der Waals surface area contributed by atoms with Gasteiger partial charge in [-0.25, -0.2) is 5.43 Å². The van der Waals surface area contributed by atoms with Crippen LogP contribution in [0.5, 0.6) is 17.2 Å². The molecular formula is C24H16Br2N2O5. The molecule has 1 N–H and O–H groups in total. The van der Waals surface area contributed by atoms with E-state index in [1.165, 1.54) is 6.21 Å². The lowest BCUT2D eigenvalue weighted by molar-refractivity contribution is 0.0929. The largest absolute Gasteiger partial charge is 0.488 e. The van der Waals surface area contributed by atoms with E-state index in [2.05, 4.69) is 42.4 Å². The second-order valence-electron chi connectivity index (χ2n) is 7.15. The summed E-state index contributed by atoms with van der Waals surface area (Å²) in [6.45, 7) is 0.560. The molecule has 0 radical (unpaired) electrons. The van der Waals surface area contributed by atoms with E-state index in [9.17, 15) is 4.79 Å². The smallest absolute Gasteiger partial charge is 0.307 e. The van der Waals surface area contributed by atoms with Crippen molar-refractivity contribution in [1.29, 1.82) is 0 Å². The van der Waals surface area contributed by atoms with E-state index < -0.39 is 5.91 Å². The lowest BCUT2D eigenvalue weighted by Gasteiger charge is -2.10. The van der Waals surface area contributed by atoms with Gasteiger partial charge in [-0.3, -0.25) is 4.79 Å². The first-order chi connectivity index (χ1) is 16.0. The van der Waals surface area contributed by atoms with Crippen LogP contribution in [0, 0.1) is 0 Å². The van der Waals surface area contributed by atoms with Gasteiger partial charge in [0.25, 0.3) is 0 Å². The molecule has 1 amide bonds. The van der Waals surface area contributed by atoms with E-state index in [1.807, 2.05) is 48.5 Å². The zero-order valence-electron chi connectivity index (χ0n) is 17.0. The third kappa shape index (κ3) is 4.89. The second kappa shape index (κ2) is 9.29. The number of benzene rings is 3. The molecule has 5 rings (SSSR count). The highest BCUT2D eigenvalue weighted by atomic mass is 79.9. The van der Waals surface area contributed by atoms with Gasteiger partial charge >= 0.3 is 5.91 Å². The molecular weight excluding hydrogens is 556 g/mol. The van der Waals surface area contributed by atoms with Gasteiger partial charge in [-0.05, 0) is 60.2 Å². The molecule has 0 aliphatic carbocycles. The minimum absolute atomic E-state index is 0.175. The first-order valence-electron chi connectivity index (χ1n) is 9.88. The molecule has 0 atom stereocenters. The first-order valence-corrected chi connectivity index (χ1v) is 11.5. The van der Waals surface area contributed by atoms with Crippen LogP contribution < -0.4 is 19.6 Å². The summed E-state index contributed by atoms with van der Waals surface area (Å²) in [5.74, 6) is 1.77. The molecule has 33 heavy (non-hydrogen) atoms. The maximum atomic E-state index is 12.5. The Labute approximate surface area is 205 Å². The number of rotatable bonds is 6. The van der Waals surface area contributed by atoms with Gasteiger partial charge in [0, 0.05) is 19.9 Å². The van der Waals surface area contributed by atoms with Gasteiger partial charge in [-0.1, -0.05) is 37.9 Å². The lowest BCUT2D eigenvalue weighted by atomic mass is 10.2. The Kier molecular flexibility index (Phi) is 6.06. The van der Waals surface area contributed by atoms with E-state index in [0.717, 1.165) is 25.6 Å². The van der Waals surface area contributed by atoms with Crippen LogP contribution in [0.2, 0.25) is 0 Å². The highest BCUT2D eigenvalue weighted by Gasteiger charge is 2.14. The zero-order chi connectivity index (χ0) is 22.8. The average molecular weight is 572 g/mol. The van der Waals surface area contributed by atoms with E-state index >= 15 is 0 Å². The van der Waals surface area contributed by atoms with Crippen LogP contribution in [0.25, 0.3) is 11.0 Å². The van der Waals surface area contributed by atoms with Crippen molar-refractivity contribution in [1.82, 2.24) is 5.43 Å². The number of furan rings is 1. The van der Waals surface area contributed by atoms with Crippen LogP contribution in [0.1, 0.15) is 21.7 Å². The standard InChI is InChI=1S/C24H16Br2N2O5/c25-17-3-6-20-15(8-17)10-23(33-20)24(29)28-27-11-16-9-18(26)2-5-19(16)30-12-14-1-4-21-22(7-14)32-13-31-21/h1-11H,12-13H2,(H,28,29)/b27-11+. The Balaban J connectivity index is 1.27. The van der Waals surface area contributed by atoms with Crippen LogP contribution in [-0.2, 0) is 6.61 Å². The SMILES string of the molecule is O=C(N/N=C/c1cc(Br)ccc1OCc1ccc2c(c1)OCO2)c1cc2cc(Br)ccc2o1. The van der Waals surface area contributed by atoms with Gasteiger partial charge < -0.3 is 18.6 Å². The molecule has 0 spiro atoms. The third-order valence-electron chi connectivity index (χ3n) is 4.88. The van der Waals surface area contributed by atoms with Crippen LogP contribution in [0.3, 0.4) is 0 Å². The van der Waals surface area contributed by atoms with Crippen LogP contribution in [0.15, 0.2) is 79.1 Å². The van der Waals surface area contributed by atoms with Crippen LogP contribution in [-0.4, -0.2) is 18.9 Å². The molecule has 3 aromatic carbocycles. The van der Waals surface area contributed by atoms with Gasteiger partial charge in [-0.2, -0.15) is 5.10 Å². The molecule has 0 fully saturated rings. The van der Waals surface area contributed by atoms with Crippen molar-refractivity contribution in [2.75, 3.05) is 6.79 Å². The Morgan fingerprint density at radius 3 is 2.73 bits per heavy atom. The Bertz CT molecular complexity index is 1380. The minimum atomic E-state index is -0.448.